The van der Waals surface area contributed by atoms with Crippen LogP contribution in [0.2, 0.25) is 0 Å². The average molecular weight is 414 g/mol. The van der Waals surface area contributed by atoms with Gasteiger partial charge in [0.25, 0.3) is 0 Å². The van der Waals surface area contributed by atoms with Gasteiger partial charge >= 0.3 is 0 Å². The molecule has 0 unspecified atom stereocenters. The Labute approximate surface area is 170 Å². The van der Waals surface area contributed by atoms with Gasteiger partial charge in [-0.3, -0.25) is 19.3 Å². The Bertz CT molecular complexity index is 936. The van der Waals surface area contributed by atoms with Gasteiger partial charge in [0.2, 0.25) is 17.7 Å². The number of allylic oxidation sites excluding steroid dienone is 2. The molecule has 2 atom stereocenters. The number of aromatic nitrogens is 1. The fourth-order valence-electron chi connectivity index (χ4n) is 4.14. The standard InChI is InChI=1S/C20H19N3O3S2/c24-17(11-27-20-21-15-7-3-4-8-16(15)28-20)22-9-12(10-22)23-18(25)13-5-1-2-6-14(13)19(23)26/h1-4,7-8,12-14H,5-6,9-11H2/t13-,14-/m0/s1. The minimum atomic E-state index is -0.197. The lowest BCUT2D eigenvalue weighted by Gasteiger charge is -2.43. The van der Waals surface area contributed by atoms with E-state index in [0.717, 1.165) is 14.6 Å². The van der Waals surface area contributed by atoms with Gasteiger partial charge in [0, 0.05) is 13.1 Å². The molecule has 3 amide bonds. The minimum Gasteiger partial charge on any atom is -0.338 e. The maximum Gasteiger partial charge on any atom is 0.233 e. The molecule has 0 bridgehead atoms. The molecule has 6 nitrogen and oxygen atoms in total. The van der Waals surface area contributed by atoms with Crippen LogP contribution in [0, 0.1) is 11.8 Å². The van der Waals surface area contributed by atoms with Crippen molar-refractivity contribution >= 4 is 51.0 Å². The summed E-state index contributed by atoms with van der Waals surface area (Å²) in [6, 6.07) is 7.76. The fraction of sp³-hybridized carbons (Fsp3) is 0.400. The number of nitrogens with zero attached hydrogens (tertiary/aromatic N) is 3. The maximum absolute atomic E-state index is 12.6. The predicted octanol–water partition coefficient (Wildman–Crippen LogP) is 2.55. The van der Waals surface area contributed by atoms with Crippen LogP contribution in [-0.2, 0) is 14.4 Å². The fourth-order valence-corrected chi connectivity index (χ4v) is 6.11. The molecule has 3 heterocycles. The highest BCUT2D eigenvalue weighted by Crippen LogP contribution is 2.37. The first-order valence-corrected chi connectivity index (χ1v) is 11.2. The zero-order chi connectivity index (χ0) is 19.3. The van der Waals surface area contributed by atoms with E-state index in [9.17, 15) is 14.4 Å². The number of rotatable bonds is 4. The molecule has 144 valence electrons. The number of thioether (sulfide) groups is 1. The van der Waals surface area contributed by atoms with Crippen molar-refractivity contribution in [3.8, 4) is 0 Å². The van der Waals surface area contributed by atoms with E-state index in [4.69, 9.17) is 0 Å². The second kappa shape index (κ2) is 7.00. The predicted molar refractivity (Wildman–Crippen MR) is 108 cm³/mol. The summed E-state index contributed by atoms with van der Waals surface area (Å²) in [7, 11) is 0. The van der Waals surface area contributed by atoms with E-state index in [2.05, 4.69) is 4.98 Å². The van der Waals surface area contributed by atoms with Crippen LogP contribution in [0.5, 0.6) is 0 Å². The Balaban J connectivity index is 1.16. The van der Waals surface area contributed by atoms with Crippen LogP contribution in [0.25, 0.3) is 10.2 Å². The lowest BCUT2D eigenvalue weighted by atomic mass is 9.85. The number of amides is 3. The summed E-state index contributed by atoms with van der Waals surface area (Å²) < 4.78 is 2.00. The molecule has 0 radical (unpaired) electrons. The van der Waals surface area contributed by atoms with E-state index < -0.39 is 0 Å². The van der Waals surface area contributed by atoms with Crippen molar-refractivity contribution in [1.82, 2.24) is 14.8 Å². The third-order valence-corrected chi connectivity index (χ3v) is 7.88. The number of hydrogen-bond acceptors (Lipinski definition) is 6. The van der Waals surface area contributed by atoms with Crippen LogP contribution in [0.15, 0.2) is 40.8 Å². The van der Waals surface area contributed by atoms with Crippen molar-refractivity contribution in [3.63, 3.8) is 0 Å². The van der Waals surface area contributed by atoms with Crippen molar-refractivity contribution < 1.29 is 14.4 Å². The maximum atomic E-state index is 12.6. The summed E-state index contributed by atoms with van der Waals surface area (Å²) in [6.07, 6.45) is 5.29. The third-order valence-electron chi connectivity index (χ3n) is 5.72. The lowest BCUT2D eigenvalue weighted by molar-refractivity contribution is -0.151. The van der Waals surface area contributed by atoms with Crippen LogP contribution in [0.1, 0.15) is 12.8 Å². The van der Waals surface area contributed by atoms with Crippen LogP contribution in [-0.4, -0.2) is 57.4 Å². The SMILES string of the molecule is O=C(CSc1nc2ccccc2s1)N1CC(N2C(=O)[C@H]3CC=CC[C@@H]3C2=O)C1. The van der Waals surface area contributed by atoms with E-state index >= 15 is 0 Å². The van der Waals surface area contributed by atoms with Gasteiger partial charge in [0.15, 0.2) is 4.34 Å². The van der Waals surface area contributed by atoms with Gasteiger partial charge in [-0.05, 0) is 25.0 Å². The Kier molecular flexibility index (Phi) is 4.47. The highest BCUT2D eigenvalue weighted by molar-refractivity contribution is 8.01. The molecule has 28 heavy (non-hydrogen) atoms. The van der Waals surface area contributed by atoms with Gasteiger partial charge in [0.1, 0.15) is 0 Å². The van der Waals surface area contributed by atoms with Gasteiger partial charge in [-0.25, -0.2) is 4.98 Å². The molecule has 2 fully saturated rings. The van der Waals surface area contributed by atoms with Gasteiger partial charge in [-0.2, -0.15) is 0 Å². The van der Waals surface area contributed by atoms with E-state index in [1.807, 2.05) is 36.4 Å². The molecule has 0 spiro atoms. The first kappa shape index (κ1) is 17.9. The Morgan fingerprint density at radius 1 is 1.11 bits per heavy atom. The highest BCUT2D eigenvalue weighted by atomic mass is 32.2. The molecule has 1 aromatic carbocycles. The molecule has 0 saturated carbocycles. The Hall–Kier alpha value is -2.19. The first-order valence-electron chi connectivity index (χ1n) is 9.40. The normalized spacial score (nSPS) is 24.7. The second-order valence-corrected chi connectivity index (χ2v) is 9.64. The van der Waals surface area contributed by atoms with Crippen molar-refractivity contribution in [2.75, 3.05) is 18.8 Å². The molecule has 5 rings (SSSR count). The quantitative estimate of drug-likeness (QED) is 0.438. The number of fused-ring (bicyclic) bond motifs is 2. The van der Waals surface area contributed by atoms with Gasteiger partial charge in [-0.15, -0.1) is 11.3 Å². The molecular weight excluding hydrogens is 394 g/mol. The number of carbonyl (C=O) groups excluding carboxylic acids is 3. The summed E-state index contributed by atoms with van der Waals surface area (Å²) >= 11 is 3.03. The molecule has 1 aliphatic carbocycles. The lowest BCUT2D eigenvalue weighted by Crippen LogP contribution is -2.62. The molecule has 2 aliphatic heterocycles. The summed E-state index contributed by atoms with van der Waals surface area (Å²) in [5.41, 5.74) is 0.952. The minimum absolute atomic E-state index is 0.0266. The van der Waals surface area contributed by atoms with Gasteiger partial charge in [-0.1, -0.05) is 36.0 Å². The number of hydrogen-bond donors (Lipinski definition) is 0. The molecule has 2 aromatic rings. The monoisotopic (exact) mass is 413 g/mol. The van der Waals surface area contributed by atoms with Crippen molar-refractivity contribution in [2.24, 2.45) is 11.8 Å². The topological polar surface area (TPSA) is 70.6 Å². The highest BCUT2D eigenvalue weighted by Gasteiger charge is 2.52. The van der Waals surface area contributed by atoms with E-state index in [1.54, 1.807) is 16.2 Å². The van der Waals surface area contributed by atoms with Gasteiger partial charge < -0.3 is 4.90 Å². The zero-order valence-corrected chi connectivity index (χ0v) is 16.7. The number of carbonyl (C=O) groups is 3. The summed E-state index contributed by atoms with van der Waals surface area (Å²) in [4.78, 5) is 45.4. The van der Waals surface area contributed by atoms with Crippen LogP contribution in [0.3, 0.4) is 0 Å². The van der Waals surface area contributed by atoms with Crippen LogP contribution >= 0.6 is 23.1 Å². The number of para-hydroxylation sites is 1. The number of benzene rings is 1. The van der Waals surface area contributed by atoms with Gasteiger partial charge in [0.05, 0.1) is 33.8 Å². The summed E-state index contributed by atoms with van der Waals surface area (Å²) in [6.45, 7) is 0.896. The zero-order valence-electron chi connectivity index (χ0n) is 15.1. The molecule has 3 aliphatic rings. The summed E-state index contributed by atoms with van der Waals surface area (Å²) in [5, 5.41) is 0. The number of imide groups is 1. The van der Waals surface area contributed by atoms with Crippen molar-refractivity contribution in [3.05, 3.63) is 36.4 Å². The van der Waals surface area contributed by atoms with Crippen LogP contribution in [0.4, 0.5) is 0 Å². The molecule has 2 saturated heterocycles. The Morgan fingerprint density at radius 3 is 2.46 bits per heavy atom. The van der Waals surface area contributed by atoms with Crippen molar-refractivity contribution in [1.29, 1.82) is 0 Å². The summed E-state index contributed by atoms with van der Waals surface area (Å²) in [5.74, 6) is -0.156. The molecule has 8 heteroatoms. The second-order valence-electron chi connectivity index (χ2n) is 7.39. The smallest absolute Gasteiger partial charge is 0.233 e. The largest absolute Gasteiger partial charge is 0.338 e. The first-order chi connectivity index (χ1) is 13.6. The Morgan fingerprint density at radius 2 is 1.79 bits per heavy atom. The van der Waals surface area contributed by atoms with Crippen LogP contribution < -0.4 is 0 Å². The van der Waals surface area contributed by atoms with E-state index in [-0.39, 0.29) is 35.6 Å². The third kappa shape index (κ3) is 2.95. The molecular formula is C20H19N3O3S2. The average Bonchev–Trinajstić information content (AvgIpc) is 3.20. The number of likely N-dealkylation sites (tertiary alicyclic amines) is 2. The number of thiazole rings is 1. The molecule has 0 N–H and O–H groups in total. The van der Waals surface area contributed by atoms with E-state index in [0.29, 0.717) is 31.7 Å². The van der Waals surface area contributed by atoms with Crippen molar-refractivity contribution in [2.45, 2.75) is 23.2 Å². The van der Waals surface area contributed by atoms with E-state index in [1.165, 1.54) is 16.7 Å². The molecule has 1 aromatic heterocycles.